The molecule has 5 heteroatoms. The fourth-order valence-electron chi connectivity index (χ4n) is 3.29. The molecule has 22 heavy (non-hydrogen) atoms. The predicted molar refractivity (Wildman–Crippen MR) is 87.7 cm³/mol. The third-order valence-corrected chi connectivity index (χ3v) is 4.96. The number of hydrogen-bond donors (Lipinski definition) is 5. The Bertz CT molecular complexity index is 290. The highest BCUT2D eigenvalue weighted by molar-refractivity contribution is 5.04. The fourth-order valence-corrected chi connectivity index (χ4v) is 3.29. The van der Waals surface area contributed by atoms with Crippen LogP contribution >= 0.6 is 0 Å². The van der Waals surface area contributed by atoms with Gasteiger partial charge in [-0.05, 0) is 6.42 Å². The summed E-state index contributed by atoms with van der Waals surface area (Å²) in [5.74, 6) is 0. The van der Waals surface area contributed by atoms with Gasteiger partial charge in [0, 0.05) is 6.54 Å². The van der Waals surface area contributed by atoms with E-state index in [2.05, 4.69) is 12.2 Å². The maximum Gasteiger partial charge on any atom is 0.109 e. The van der Waals surface area contributed by atoms with Crippen molar-refractivity contribution in [2.45, 2.75) is 95.0 Å². The lowest BCUT2D eigenvalue weighted by atomic mass is 9.79. The monoisotopic (exact) mass is 317 g/mol. The van der Waals surface area contributed by atoms with Crippen LogP contribution in [0.25, 0.3) is 0 Å². The molecule has 0 amide bonds. The Morgan fingerprint density at radius 1 is 0.909 bits per heavy atom. The summed E-state index contributed by atoms with van der Waals surface area (Å²) >= 11 is 0. The maximum atomic E-state index is 10.1. The molecule has 0 aromatic rings. The molecule has 0 radical (unpaired) electrons. The largest absolute Gasteiger partial charge is 0.394 e. The molecule has 4 atom stereocenters. The average Bonchev–Trinajstić information content (AvgIpc) is 2.53. The quantitative estimate of drug-likeness (QED) is 0.371. The first-order chi connectivity index (χ1) is 10.6. The molecule has 0 saturated carbocycles. The summed E-state index contributed by atoms with van der Waals surface area (Å²) < 4.78 is 0. The number of hydrogen-bond acceptors (Lipinski definition) is 5. The third-order valence-electron chi connectivity index (χ3n) is 4.96. The van der Waals surface area contributed by atoms with Gasteiger partial charge in [0.25, 0.3) is 0 Å². The molecule has 1 saturated heterocycles. The second-order valence-electron chi connectivity index (χ2n) is 6.78. The van der Waals surface area contributed by atoms with Crippen molar-refractivity contribution in [1.82, 2.24) is 5.32 Å². The van der Waals surface area contributed by atoms with E-state index >= 15 is 0 Å². The van der Waals surface area contributed by atoms with E-state index in [1.165, 1.54) is 44.9 Å². The molecule has 0 aromatic carbocycles. The Hall–Kier alpha value is -0.200. The van der Waals surface area contributed by atoms with E-state index in [4.69, 9.17) is 0 Å². The molecule has 5 N–H and O–H groups in total. The Balaban J connectivity index is 2.19. The van der Waals surface area contributed by atoms with Crippen LogP contribution in [-0.4, -0.2) is 57.4 Å². The zero-order valence-corrected chi connectivity index (χ0v) is 14.0. The average molecular weight is 317 g/mol. The Morgan fingerprint density at radius 3 is 2.00 bits per heavy atom. The molecule has 5 nitrogen and oxygen atoms in total. The predicted octanol–water partition coefficient (Wildman–Crippen LogP) is 1.32. The molecule has 1 aliphatic rings. The van der Waals surface area contributed by atoms with Crippen molar-refractivity contribution in [3.63, 3.8) is 0 Å². The van der Waals surface area contributed by atoms with Gasteiger partial charge < -0.3 is 25.7 Å². The van der Waals surface area contributed by atoms with Crippen LogP contribution in [0.1, 0.15) is 71.1 Å². The first-order valence-electron chi connectivity index (χ1n) is 8.97. The highest BCUT2D eigenvalue weighted by Crippen LogP contribution is 2.26. The highest BCUT2D eigenvalue weighted by Gasteiger charge is 2.46. The van der Waals surface area contributed by atoms with Crippen molar-refractivity contribution in [2.24, 2.45) is 0 Å². The van der Waals surface area contributed by atoms with Crippen LogP contribution in [0.2, 0.25) is 0 Å². The molecule has 1 aliphatic heterocycles. The molecular formula is C17H35NO4. The zero-order valence-electron chi connectivity index (χ0n) is 14.0. The SMILES string of the molecule is CCCCCCCCCCC[C@]1(CO)NC[C@H](O)[C@@H](O)[C@@H]1O. The number of piperidine rings is 1. The normalized spacial score (nSPS) is 32.3. The lowest BCUT2D eigenvalue weighted by Gasteiger charge is -2.45. The molecule has 1 rings (SSSR count). The standard InChI is InChI=1S/C17H35NO4/c1-2-3-4-5-6-7-8-9-10-11-17(13-19)16(22)15(21)14(20)12-18-17/h14-16,18-22H,2-13H2,1H3/t14-,15+,16-,17+/m0/s1. The number of aliphatic hydroxyl groups is 4. The van der Waals surface area contributed by atoms with Gasteiger partial charge in [-0.25, -0.2) is 0 Å². The van der Waals surface area contributed by atoms with Crippen LogP contribution in [-0.2, 0) is 0 Å². The molecule has 0 bridgehead atoms. The van der Waals surface area contributed by atoms with Crippen LogP contribution in [0, 0.1) is 0 Å². The first kappa shape index (κ1) is 19.8. The second-order valence-corrected chi connectivity index (χ2v) is 6.78. The van der Waals surface area contributed by atoms with E-state index in [0.29, 0.717) is 6.42 Å². The number of nitrogens with one attached hydrogen (secondary N) is 1. The zero-order chi connectivity index (χ0) is 16.4. The maximum absolute atomic E-state index is 10.1. The van der Waals surface area contributed by atoms with Crippen LogP contribution in [0.4, 0.5) is 0 Å². The third kappa shape index (κ3) is 5.78. The van der Waals surface area contributed by atoms with Crippen molar-refractivity contribution in [3.05, 3.63) is 0 Å². The van der Waals surface area contributed by atoms with Gasteiger partial charge in [0.2, 0.25) is 0 Å². The van der Waals surface area contributed by atoms with E-state index in [1.807, 2.05) is 0 Å². The number of rotatable bonds is 11. The first-order valence-corrected chi connectivity index (χ1v) is 8.97. The smallest absolute Gasteiger partial charge is 0.109 e. The molecule has 0 unspecified atom stereocenters. The van der Waals surface area contributed by atoms with Crippen molar-refractivity contribution in [3.8, 4) is 0 Å². The summed E-state index contributed by atoms with van der Waals surface area (Å²) in [7, 11) is 0. The molecule has 1 fully saturated rings. The molecular weight excluding hydrogens is 282 g/mol. The molecule has 0 spiro atoms. The summed E-state index contributed by atoms with van der Waals surface area (Å²) in [5, 5.41) is 42.2. The van der Waals surface area contributed by atoms with Crippen molar-refractivity contribution in [1.29, 1.82) is 0 Å². The lowest BCUT2D eigenvalue weighted by molar-refractivity contribution is -0.135. The van der Waals surface area contributed by atoms with Gasteiger partial charge >= 0.3 is 0 Å². The minimum Gasteiger partial charge on any atom is -0.394 e. The molecule has 0 aromatic heterocycles. The van der Waals surface area contributed by atoms with Crippen LogP contribution in [0.3, 0.4) is 0 Å². The van der Waals surface area contributed by atoms with E-state index in [1.54, 1.807) is 0 Å². The van der Waals surface area contributed by atoms with E-state index in [0.717, 1.165) is 12.8 Å². The van der Waals surface area contributed by atoms with Crippen molar-refractivity contribution < 1.29 is 20.4 Å². The minimum atomic E-state index is -1.19. The van der Waals surface area contributed by atoms with E-state index in [-0.39, 0.29) is 13.2 Å². The summed E-state index contributed by atoms with van der Waals surface area (Å²) in [6, 6.07) is 0. The van der Waals surface area contributed by atoms with Gasteiger partial charge in [-0.1, -0.05) is 64.7 Å². The van der Waals surface area contributed by atoms with Gasteiger partial charge in [-0.2, -0.15) is 0 Å². The molecule has 1 heterocycles. The Kier molecular flexibility index (Phi) is 9.52. The van der Waals surface area contributed by atoms with Crippen LogP contribution in [0.15, 0.2) is 0 Å². The summed E-state index contributed by atoms with van der Waals surface area (Å²) in [4.78, 5) is 0. The summed E-state index contributed by atoms with van der Waals surface area (Å²) in [5.41, 5.74) is -0.875. The van der Waals surface area contributed by atoms with Gasteiger partial charge in [0.15, 0.2) is 0 Å². The number of aliphatic hydroxyl groups excluding tert-OH is 4. The van der Waals surface area contributed by atoms with Gasteiger partial charge in [0.05, 0.1) is 18.2 Å². The topological polar surface area (TPSA) is 93.0 Å². The fraction of sp³-hybridized carbons (Fsp3) is 1.00. The summed E-state index contributed by atoms with van der Waals surface area (Å²) in [6.07, 6.45) is 8.27. The van der Waals surface area contributed by atoms with Crippen LogP contribution in [0.5, 0.6) is 0 Å². The highest BCUT2D eigenvalue weighted by atomic mass is 16.4. The Labute approximate surface area is 134 Å². The van der Waals surface area contributed by atoms with E-state index in [9.17, 15) is 20.4 Å². The number of β-amino-alcohol motifs (C(OH)–C–C–N with tert-alkyl or cyclic N) is 1. The number of unbranched alkanes of at least 4 members (excludes halogenated alkanes) is 8. The van der Waals surface area contributed by atoms with Crippen LogP contribution < -0.4 is 5.32 Å². The summed E-state index contributed by atoms with van der Waals surface area (Å²) in [6.45, 7) is 2.20. The molecule has 132 valence electrons. The second kappa shape index (κ2) is 10.6. The lowest BCUT2D eigenvalue weighted by Crippen LogP contribution is -2.69. The van der Waals surface area contributed by atoms with Crippen molar-refractivity contribution in [2.75, 3.05) is 13.2 Å². The van der Waals surface area contributed by atoms with Gasteiger partial charge in [0.1, 0.15) is 12.2 Å². The Morgan fingerprint density at radius 2 is 1.45 bits per heavy atom. The molecule has 0 aliphatic carbocycles. The van der Waals surface area contributed by atoms with Gasteiger partial charge in [-0.3, -0.25) is 0 Å². The van der Waals surface area contributed by atoms with Crippen molar-refractivity contribution >= 4 is 0 Å². The minimum absolute atomic E-state index is 0.205. The van der Waals surface area contributed by atoms with Gasteiger partial charge in [-0.15, -0.1) is 0 Å². The van der Waals surface area contributed by atoms with E-state index < -0.39 is 23.9 Å².